The summed E-state index contributed by atoms with van der Waals surface area (Å²) in [4.78, 5) is 0. The molecule has 1 aliphatic carbocycles. The van der Waals surface area contributed by atoms with Crippen LogP contribution in [0.2, 0.25) is 0 Å². The van der Waals surface area contributed by atoms with Crippen LogP contribution in [0, 0.1) is 0 Å². The van der Waals surface area contributed by atoms with Crippen molar-refractivity contribution in [2.45, 2.75) is 18.8 Å². The molecule has 0 heteroatoms. The monoisotopic (exact) mass is 220 g/mol. The highest BCUT2D eigenvalue weighted by Crippen LogP contribution is 2.34. The number of allylic oxidation sites excluding steroid dienone is 3. The smallest absolute Gasteiger partial charge is 0.00555 e. The Labute approximate surface area is 102 Å². The summed E-state index contributed by atoms with van der Waals surface area (Å²) in [7, 11) is 0. The Balaban J connectivity index is 2.21. The fourth-order valence-corrected chi connectivity index (χ4v) is 2.77. The van der Waals surface area contributed by atoms with Crippen LogP contribution in [-0.2, 0) is 6.42 Å². The second-order valence-corrected chi connectivity index (χ2v) is 4.62. The van der Waals surface area contributed by atoms with Crippen LogP contribution >= 0.6 is 0 Å². The van der Waals surface area contributed by atoms with E-state index in [1.165, 1.54) is 21.9 Å². The molecule has 0 saturated heterocycles. The molecule has 84 valence electrons. The largest absolute Gasteiger partial charge is 0.103 e. The standard InChI is InChI=1S/C17H16/c1-2-6-13-8-5-10-17-15-9-4-3-7-14(15)11-12-16(13)17/h2-5,7-9,11-13H,1,6,10H2. The summed E-state index contributed by atoms with van der Waals surface area (Å²) in [5.74, 6) is 0.515. The molecule has 0 spiro atoms. The molecule has 0 fully saturated rings. The molecule has 2 aromatic rings. The molecule has 17 heavy (non-hydrogen) atoms. The lowest BCUT2D eigenvalue weighted by molar-refractivity contribution is 0.832. The first-order chi connectivity index (χ1) is 8.40. The number of hydrogen-bond acceptors (Lipinski definition) is 0. The third kappa shape index (κ3) is 1.70. The van der Waals surface area contributed by atoms with Gasteiger partial charge in [-0.2, -0.15) is 0 Å². The van der Waals surface area contributed by atoms with Crippen molar-refractivity contribution in [3.63, 3.8) is 0 Å². The van der Waals surface area contributed by atoms with Gasteiger partial charge in [-0.05, 0) is 34.7 Å². The topological polar surface area (TPSA) is 0 Å². The van der Waals surface area contributed by atoms with E-state index in [0.29, 0.717) is 5.92 Å². The predicted molar refractivity (Wildman–Crippen MR) is 74.3 cm³/mol. The Hall–Kier alpha value is -1.82. The van der Waals surface area contributed by atoms with Crippen LogP contribution in [0.4, 0.5) is 0 Å². The van der Waals surface area contributed by atoms with Crippen LogP contribution < -0.4 is 0 Å². The Bertz CT molecular complexity index is 590. The van der Waals surface area contributed by atoms with E-state index in [0.717, 1.165) is 12.8 Å². The van der Waals surface area contributed by atoms with Crippen LogP contribution in [-0.4, -0.2) is 0 Å². The van der Waals surface area contributed by atoms with Gasteiger partial charge in [-0.1, -0.05) is 54.6 Å². The van der Waals surface area contributed by atoms with Crippen molar-refractivity contribution in [1.82, 2.24) is 0 Å². The zero-order valence-corrected chi connectivity index (χ0v) is 9.89. The number of hydrogen-bond donors (Lipinski definition) is 0. The normalized spacial score (nSPS) is 18.0. The van der Waals surface area contributed by atoms with E-state index in [4.69, 9.17) is 0 Å². The summed E-state index contributed by atoms with van der Waals surface area (Å²) in [6, 6.07) is 13.2. The van der Waals surface area contributed by atoms with Gasteiger partial charge in [0.2, 0.25) is 0 Å². The molecule has 3 rings (SSSR count). The van der Waals surface area contributed by atoms with Crippen LogP contribution in [0.3, 0.4) is 0 Å². The summed E-state index contributed by atoms with van der Waals surface area (Å²) in [5, 5.41) is 2.75. The second-order valence-electron chi connectivity index (χ2n) is 4.62. The molecule has 1 atom stereocenters. The molecule has 0 saturated carbocycles. The minimum atomic E-state index is 0.515. The van der Waals surface area contributed by atoms with Gasteiger partial charge in [0.15, 0.2) is 0 Å². The minimum Gasteiger partial charge on any atom is -0.103 e. The van der Waals surface area contributed by atoms with E-state index >= 15 is 0 Å². The van der Waals surface area contributed by atoms with Gasteiger partial charge in [-0.3, -0.25) is 0 Å². The molecule has 0 nitrogen and oxygen atoms in total. The van der Waals surface area contributed by atoms with Gasteiger partial charge in [0, 0.05) is 5.92 Å². The van der Waals surface area contributed by atoms with Gasteiger partial charge in [0.1, 0.15) is 0 Å². The van der Waals surface area contributed by atoms with Crippen molar-refractivity contribution in [2.75, 3.05) is 0 Å². The van der Waals surface area contributed by atoms with Crippen molar-refractivity contribution in [1.29, 1.82) is 0 Å². The van der Waals surface area contributed by atoms with E-state index < -0.39 is 0 Å². The highest BCUT2D eigenvalue weighted by molar-refractivity contribution is 5.87. The third-order valence-corrected chi connectivity index (χ3v) is 3.59. The van der Waals surface area contributed by atoms with Gasteiger partial charge < -0.3 is 0 Å². The second kappa shape index (κ2) is 4.21. The molecular formula is C17H16. The molecule has 0 heterocycles. The van der Waals surface area contributed by atoms with Crippen molar-refractivity contribution in [3.05, 3.63) is 72.3 Å². The zero-order valence-electron chi connectivity index (χ0n) is 9.89. The van der Waals surface area contributed by atoms with Crippen molar-refractivity contribution in [3.8, 4) is 0 Å². The molecule has 0 aromatic heterocycles. The zero-order chi connectivity index (χ0) is 11.7. The predicted octanol–water partition coefficient (Wildman–Crippen LogP) is 4.61. The van der Waals surface area contributed by atoms with Crippen LogP contribution in [0.5, 0.6) is 0 Å². The lowest BCUT2D eigenvalue weighted by Gasteiger charge is -2.21. The maximum Gasteiger partial charge on any atom is 0.00555 e. The summed E-state index contributed by atoms with van der Waals surface area (Å²) >= 11 is 0. The summed E-state index contributed by atoms with van der Waals surface area (Å²) in [6.45, 7) is 3.86. The van der Waals surface area contributed by atoms with E-state index in [2.05, 4.69) is 55.1 Å². The quantitative estimate of drug-likeness (QED) is 0.648. The Kier molecular flexibility index (Phi) is 2.56. The molecule has 1 aliphatic rings. The molecule has 1 unspecified atom stereocenters. The maximum atomic E-state index is 3.86. The van der Waals surface area contributed by atoms with Crippen molar-refractivity contribution >= 4 is 10.8 Å². The Morgan fingerprint density at radius 2 is 2.06 bits per heavy atom. The van der Waals surface area contributed by atoms with E-state index in [1.807, 2.05) is 6.08 Å². The first-order valence-electron chi connectivity index (χ1n) is 6.18. The highest BCUT2D eigenvalue weighted by Gasteiger charge is 2.16. The molecule has 2 aromatic carbocycles. The summed E-state index contributed by atoms with van der Waals surface area (Å²) in [5.41, 5.74) is 2.98. The van der Waals surface area contributed by atoms with E-state index in [9.17, 15) is 0 Å². The first kappa shape index (κ1) is 10.3. The fraction of sp³-hybridized carbons (Fsp3) is 0.176. The molecule has 0 aliphatic heterocycles. The van der Waals surface area contributed by atoms with E-state index in [-0.39, 0.29) is 0 Å². The van der Waals surface area contributed by atoms with Gasteiger partial charge >= 0.3 is 0 Å². The average molecular weight is 220 g/mol. The minimum absolute atomic E-state index is 0.515. The molecule has 0 bridgehead atoms. The first-order valence-corrected chi connectivity index (χ1v) is 6.18. The van der Waals surface area contributed by atoms with Crippen LogP contribution in [0.1, 0.15) is 23.5 Å². The van der Waals surface area contributed by atoms with E-state index in [1.54, 1.807) is 0 Å². The number of rotatable bonds is 2. The van der Waals surface area contributed by atoms with Crippen molar-refractivity contribution in [2.24, 2.45) is 0 Å². The molecule has 0 amide bonds. The SMILES string of the molecule is C=CCC1C=CCc2c1ccc1ccccc21. The summed E-state index contributed by atoms with van der Waals surface area (Å²) in [6.07, 6.45) is 8.72. The fourth-order valence-electron chi connectivity index (χ4n) is 2.77. The Morgan fingerprint density at radius 3 is 2.94 bits per heavy atom. The Morgan fingerprint density at radius 1 is 1.18 bits per heavy atom. The van der Waals surface area contributed by atoms with Gasteiger partial charge in [0.25, 0.3) is 0 Å². The average Bonchev–Trinajstić information content (AvgIpc) is 2.39. The van der Waals surface area contributed by atoms with Crippen molar-refractivity contribution < 1.29 is 0 Å². The third-order valence-electron chi connectivity index (χ3n) is 3.59. The molecule has 0 radical (unpaired) electrons. The van der Waals surface area contributed by atoms with Gasteiger partial charge in [0.05, 0.1) is 0 Å². The van der Waals surface area contributed by atoms with Crippen LogP contribution in [0.25, 0.3) is 10.8 Å². The number of fused-ring (bicyclic) bond motifs is 3. The lowest BCUT2D eigenvalue weighted by atomic mass is 9.83. The molecule has 0 N–H and O–H groups in total. The maximum absolute atomic E-state index is 3.86. The van der Waals surface area contributed by atoms with Gasteiger partial charge in [-0.15, -0.1) is 6.58 Å². The lowest BCUT2D eigenvalue weighted by Crippen LogP contribution is -2.04. The highest BCUT2D eigenvalue weighted by atomic mass is 14.2. The summed E-state index contributed by atoms with van der Waals surface area (Å²) < 4.78 is 0. The van der Waals surface area contributed by atoms with Gasteiger partial charge in [-0.25, -0.2) is 0 Å². The van der Waals surface area contributed by atoms with Crippen LogP contribution in [0.15, 0.2) is 61.2 Å². The molecular weight excluding hydrogens is 204 g/mol. The number of benzene rings is 2.